The van der Waals surface area contributed by atoms with E-state index in [1.165, 1.54) is 4.90 Å². The molecule has 1 saturated heterocycles. The van der Waals surface area contributed by atoms with Gasteiger partial charge in [0.25, 0.3) is 11.7 Å². The van der Waals surface area contributed by atoms with Crippen molar-refractivity contribution in [1.29, 1.82) is 0 Å². The van der Waals surface area contributed by atoms with Crippen LogP contribution < -0.4 is 9.47 Å². The molecule has 8 nitrogen and oxygen atoms in total. The molecule has 1 aromatic heterocycles. The highest BCUT2D eigenvalue weighted by molar-refractivity contribution is 6.46. The molecule has 2 aliphatic heterocycles. The van der Waals surface area contributed by atoms with Crippen molar-refractivity contribution in [2.45, 2.75) is 26.3 Å². The number of carbonyl (C=O) groups excluding carboxylic acids is 2. The van der Waals surface area contributed by atoms with Crippen LogP contribution in [0.25, 0.3) is 5.76 Å². The second-order valence-electron chi connectivity index (χ2n) is 7.70. The van der Waals surface area contributed by atoms with Crippen molar-refractivity contribution in [3.8, 4) is 11.5 Å². The van der Waals surface area contributed by atoms with E-state index in [9.17, 15) is 14.7 Å². The molecule has 1 unspecified atom stereocenters. The van der Waals surface area contributed by atoms with Crippen LogP contribution in [-0.4, -0.2) is 64.6 Å². The number of ketones is 1. The van der Waals surface area contributed by atoms with E-state index in [1.54, 1.807) is 42.6 Å². The molecule has 168 valence electrons. The average molecular weight is 437 g/mol. The van der Waals surface area contributed by atoms with Gasteiger partial charge in [-0.15, -0.1) is 0 Å². The van der Waals surface area contributed by atoms with Crippen molar-refractivity contribution in [1.82, 2.24) is 14.8 Å². The Morgan fingerprint density at radius 3 is 2.66 bits per heavy atom. The summed E-state index contributed by atoms with van der Waals surface area (Å²) in [7, 11) is 0. The lowest BCUT2D eigenvalue weighted by Crippen LogP contribution is -2.33. The number of amides is 1. The molecule has 0 bridgehead atoms. The molecule has 0 radical (unpaired) electrons. The number of aliphatic hydroxyl groups excluding tert-OH is 1. The van der Waals surface area contributed by atoms with Gasteiger partial charge in [0.2, 0.25) is 6.79 Å². The first-order chi connectivity index (χ1) is 15.5. The SMILES string of the molecule is CCN(CC)CCCN1C(=O)C(=O)C(=C(O)c2ccc3c(c2)OCO3)C1c1ccccn1. The predicted molar refractivity (Wildman–Crippen MR) is 118 cm³/mol. The van der Waals surface area contributed by atoms with Crippen molar-refractivity contribution < 1.29 is 24.2 Å². The first-order valence-electron chi connectivity index (χ1n) is 10.9. The number of likely N-dealkylation sites (tertiary alicyclic amines) is 1. The number of Topliss-reactive ketones (excluding diaryl/α,β-unsaturated/α-hetero) is 1. The lowest BCUT2D eigenvalue weighted by atomic mass is 9.98. The van der Waals surface area contributed by atoms with Crippen LogP contribution in [0, 0.1) is 0 Å². The summed E-state index contributed by atoms with van der Waals surface area (Å²) in [5, 5.41) is 11.1. The fourth-order valence-electron chi connectivity index (χ4n) is 4.16. The molecule has 2 aromatic rings. The van der Waals surface area contributed by atoms with Gasteiger partial charge in [-0.05, 0) is 56.4 Å². The van der Waals surface area contributed by atoms with Gasteiger partial charge in [-0.2, -0.15) is 0 Å². The molecular weight excluding hydrogens is 410 g/mol. The zero-order valence-corrected chi connectivity index (χ0v) is 18.3. The van der Waals surface area contributed by atoms with Gasteiger partial charge in [0.15, 0.2) is 11.5 Å². The summed E-state index contributed by atoms with van der Waals surface area (Å²) in [4.78, 5) is 34.2. The normalized spacial score (nSPS) is 19.2. The molecule has 4 rings (SSSR count). The molecule has 2 aliphatic rings. The van der Waals surface area contributed by atoms with E-state index in [4.69, 9.17) is 9.47 Å². The largest absolute Gasteiger partial charge is 0.507 e. The fraction of sp³-hybridized carbons (Fsp3) is 0.375. The molecule has 0 spiro atoms. The summed E-state index contributed by atoms with van der Waals surface area (Å²) < 4.78 is 10.7. The van der Waals surface area contributed by atoms with Crippen molar-refractivity contribution in [3.05, 3.63) is 59.4 Å². The third kappa shape index (κ3) is 4.05. The second kappa shape index (κ2) is 9.40. The van der Waals surface area contributed by atoms with Crippen LogP contribution in [0.2, 0.25) is 0 Å². The summed E-state index contributed by atoms with van der Waals surface area (Å²) in [6.45, 7) is 7.33. The van der Waals surface area contributed by atoms with E-state index in [0.717, 1.165) is 19.6 Å². The van der Waals surface area contributed by atoms with Gasteiger partial charge in [-0.25, -0.2) is 0 Å². The molecule has 1 fully saturated rings. The molecule has 1 aromatic carbocycles. The Morgan fingerprint density at radius 2 is 1.94 bits per heavy atom. The monoisotopic (exact) mass is 437 g/mol. The maximum absolute atomic E-state index is 13.1. The summed E-state index contributed by atoms with van der Waals surface area (Å²) in [6, 6.07) is 9.52. The highest BCUT2D eigenvalue weighted by Gasteiger charge is 2.46. The highest BCUT2D eigenvalue weighted by atomic mass is 16.7. The number of benzene rings is 1. The molecule has 0 saturated carbocycles. The fourth-order valence-corrected chi connectivity index (χ4v) is 4.16. The molecular formula is C24H27N3O5. The minimum Gasteiger partial charge on any atom is -0.507 e. The summed E-state index contributed by atoms with van der Waals surface area (Å²) in [5.41, 5.74) is 0.962. The number of aliphatic hydroxyl groups is 1. The topological polar surface area (TPSA) is 92.2 Å². The smallest absolute Gasteiger partial charge is 0.295 e. The third-order valence-corrected chi connectivity index (χ3v) is 5.92. The summed E-state index contributed by atoms with van der Waals surface area (Å²) >= 11 is 0. The average Bonchev–Trinajstić information content (AvgIpc) is 3.39. The van der Waals surface area contributed by atoms with Crippen molar-refractivity contribution in [2.24, 2.45) is 0 Å². The minimum absolute atomic E-state index is 0.0374. The van der Waals surface area contributed by atoms with Crippen LogP contribution in [0.15, 0.2) is 48.2 Å². The first-order valence-corrected chi connectivity index (χ1v) is 10.9. The van der Waals surface area contributed by atoms with Crippen molar-refractivity contribution in [3.63, 3.8) is 0 Å². The van der Waals surface area contributed by atoms with Crippen LogP contribution in [0.4, 0.5) is 0 Å². The van der Waals surface area contributed by atoms with Gasteiger partial charge in [0.05, 0.1) is 11.3 Å². The van der Waals surface area contributed by atoms with Crippen LogP contribution in [0.1, 0.15) is 37.6 Å². The van der Waals surface area contributed by atoms with E-state index < -0.39 is 17.7 Å². The van der Waals surface area contributed by atoms with Crippen LogP contribution >= 0.6 is 0 Å². The van der Waals surface area contributed by atoms with E-state index >= 15 is 0 Å². The van der Waals surface area contributed by atoms with Crippen molar-refractivity contribution >= 4 is 17.4 Å². The zero-order chi connectivity index (χ0) is 22.7. The first kappa shape index (κ1) is 21.8. The lowest BCUT2D eigenvalue weighted by Gasteiger charge is -2.26. The predicted octanol–water partition coefficient (Wildman–Crippen LogP) is 2.96. The zero-order valence-electron chi connectivity index (χ0n) is 18.3. The van der Waals surface area contributed by atoms with Gasteiger partial charge >= 0.3 is 0 Å². The van der Waals surface area contributed by atoms with Gasteiger partial charge in [-0.1, -0.05) is 19.9 Å². The maximum Gasteiger partial charge on any atom is 0.295 e. The molecule has 3 heterocycles. The lowest BCUT2D eigenvalue weighted by molar-refractivity contribution is -0.140. The van der Waals surface area contributed by atoms with E-state index in [0.29, 0.717) is 35.7 Å². The second-order valence-corrected chi connectivity index (χ2v) is 7.70. The molecule has 1 N–H and O–H groups in total. The van der Waals surface area contributed by atoms with Gasteiger partial charge in [-0.3, -0.25) is 14.6 Å². The van der Waals surface area contributed by atoms with Gasteiger partial charge < -0.3 is 24.4 Å². The molecule has 1 atom stereocenters. The van der Waals surface area contributed by atoms with Crippen LogP contribution in [-0.2, 0) is 9.59 Å². The Morgan fingerprint density at radius 1 is 1.16 bits per heavy atom. The standard InChI is InChI=1S/C24H27N3O5/c1-3-26(4-2)12-7-13-27-21(17-8-5-6-11-25-17)20(23(29)24(27)30)22(28)16-9-10-18-19(14-16)32-15-31-18/h5-6,8-11,14,21,28H,3-4,7,12-13,15H2,1-2H3. The Balaban J connectivity index is 1.71. The van der Waals surface area contributed by atoms with E-state index in [2.05, 4.69) is 23.7 Å². The molecule has 1 amide bonds. The van der Waals surface area contributed by atoms with E-state index in [1.807, 2.05) is 0 Å². The molecule has 32 heavy (non-hydrogen) atoms. The molecule has 0 aliphatic carbocycles. The maximum atomic E-state index is 13.1. The van der Waals surface area contributed by atoms with Crippen LogP contribution in [0.5, 0.6) is 11.5 Å². The van der Waals surface area contributed by atoms with Crippen LogP contribution in [0.3, 0.4) is 0 Å². The number of rotatable bonds is 8. The summed E-state index contributed by atoms with van der Waals surface area (Å²) in [6.07, 6.45) is 2.33. The van der Waals surface area contributed by atoms with Gasteiger partial charge in [0.1, 0.15) is 11.8 Å². The Labute approximate surface area is 187 Å². The Kier molecular flexibility index (Phi) is 6.41. The highest BCUT2D eigenvalue weighted by Crippen LogP contribution is 2.40. The quantitative estimate of drug-likeness (QED) is 0.386. The number of hydrogen-bond donors (Lipinski definition) is 1. The number of hydrogen-bond acceptors (Lipinski definition) is 7. The third-order valence-electron chi connectivity index (χ3n) is 5.92. The molecule has 8 heteroatoms. The van der Waals surface area contributed by atoms with Gasteiger partial charge in [0, 0.05) is 18.3 Å². The minimum atomic E-state index is -0.752. The number of ether oxygens (including phenoxy) is 2. The van der Waals surface area contributed by atoms with Crippen molar-refractivity contribution in [2.75, 3.05) is 33.0 Å². The van der Waals surface area contributed by atoms with E-state index in [-0.39, 0.29) is 18.1 Å². The number of pyridine rings is 1. The number of carbonyl (C=O) groups is 2. The number of fused-ring (bicyclic) bond motifs is 1. The number of nitrogens with zero attached hydrogens (tertiary/aromatic N) is 3. The number of aromatic nitrogens is 1. The summed E-state index contributed by atoms with van der Waals surface area (Å²) in [5.74, 6) is -0.527. The Hall–Kier alpha value is -3.39. The Bertz CT molecular complexity index is 1030.